The van der Waals surface area contributed by atoms with Crippen LogP contribution in [0, 0.1) is 12.7 Å². The molecule has 0 fully saturated rings. The smallest absolute Gasteiger partial charge is 0.256 e. The second-order valence-electron chi connectivity index (χ2n) is 6.70. The van der Waals surface area contributed by atoms with Gasteiger partial charge in [-0.05, 0) is 62.7 Å². The predicted molar refractivity (Wildman–Crippen MR) is 109 cm³/mol. The van der Waals surface area contributed by atoms with Gasteiger partial charge in [-0.25, -0.2) is 4.39 Å². The Bertz CT molecular complexity index is 1020. The van der Waals surface area contributed by atoms with Crippen molar-refractivity contribution in [2.45, 2.75) is 27.3 Å². The lowest BCUT2D eigenvalue weighted by Crippen LogP contribution is -2.33. The molecule has 0 aliphatic heterocycles. The molecule has 3 rings (SSSR count). The molecule has 0 bridgehead atoms. The molecule has 0 aliphatic carbocycles. The summed E-state index contributed by atoms with van der Waals surface area (Å²) in [6, 6.07) is 11.6. The van der Waals surface area contributed by atoms with Crippen LogP contribution >= 0.6 is 0 Å². The summed E-state index contributed by atoms with van der Waals surface area (Å²) in [4.78, 5) is 26.6. The van der Waals surface area contributed by atoms with Crippen LogP contribution in [-0.2, 0) is 11.3 Å². The molecule has 0 radical (unpaired) electrons. The zero-order valence-electron chi connectivity index (χ0n) is 16.3. The second-order valence-corrected chi connectivity index (χ2v) is 6.70. The number of hydrogen-bond acceptors (Lipinski definition) is 2. The molecular weight excluding hydrogens is 357 g/mol. The van der Waals surface area contributed by atoms with Crippen molar-refractivity contribution in [3.8, 4) is 0 Å². The van der Waals surface area contributed by atoms with Crippen molar-refractivity contribution in [1.82, 2.24) is 9.47 Å². The van der Waals surface area contributed by atoms with Crippen LogP contribution in [0.2, 0.25) is 0 Å². The van der Waals surface area contributed by atoms with Gasteiger partial charge in [0.2, 0.25) is 5.91 Å². The minimum Gasteiger partial charge on any atom is -0.342 e. The number of nitrogens with one attached hydrogen (secondary N) is 1. The van der Waals surface area contributed by atoms with Gasteiger partial charge in [-0.2, -0.15) is 0 Å². The Morgan fingerprint density at radius 1 is 1.07 bits per heavy atom. The van der Waals surface area contributed by atoms with Gasteiger partial charge >= 0.3 is 0 Å². The number of amides is 2. The Balaban J connectivity index is 1.79. The van der Waals surface area contributed by atoms with Gasteiger partial charge in [-0.3, -0.25) is 9.59 Å². The highest BCUT2D eigenvalue weighted by molar-refractivity contribution is 6.06. The van der Waals surface area contributed by atoms with Crippen LogP contribution in [0.5, 0.6) is 0 Å². The van der Waals surface area contributed by atoms with E-state index < -0.39 is 5.82 Å². The molecule has 0 saturated carbocycles. The summed E-state index contributed by atoms with van der Waals surface area (Å²) in [7, 11) is 0. The maximum absolute atomic E-state index is 13.5. The molecule has 0 aliphatic rings. The third-order valence-electron chi connectivity index (χ3n) is 4.89. The number of hydrogen-bond donors (Lipinski definition) is 1. The number of carbonyl (C=O) groups excluding carboxylic acids is 2. The minimum absolute atomic E-state index is 0.0708. The van der Waals surface area contributed by atoms with E-state index in [-0.39, 0.29) is 18.4 Å². The average molecular weight is 381 g/mol. The van der Waals surface area contributed by atoms with E-state index in [1.54, 1.807) is 24.0 Å². The molecule has 1 aromatic heterocycles. The Labute approximate surface area is 163 Å². The number of halogens is 1. The van der Waals surface area contributed by atoms with Gasteiger partial charge in [0.05, 0.1) is 0 Å². The third-order valence-corrected chi connectivity index (χ3v) is 4.89. The Hall–Kier alpha value is -3.15. The number of benzene rings is 2. The predicted octanol–water partition coefficient (Wildman–Crippen LogP) is 4.21. The summed E-state index contributed by atoms with van der Waals surface area (Å²) in [6.07, 6.45) is 1.87. The molecular formula is C22H24FN3O2. The zero-order chi connectivity index (χ0) is 20.3. The van der Waals surface area contributed by atoms with Crippen molar-refractivity contribution >= 4 is 28.4 Å². The second kappa shape index (κ2) is 8.25. The van der Waals surface area contributed by atoms with Crippen LogP contribution in [0.3, 0.4) is 0 Å². The van der Waals surface area contributed by atoms with Gasteiger partial charge in [-0.15, -0.1) is 0 Å². The number of nitrogens with zero attached hydrogens (tertiary/aromatic N) is 2. The Morgan fingerprint density at radius 3 is 2.54 bits per heavy atom. The van der Waals surface area contributed by atoms with E-state index in [0.29, 0.717) is 29.9 Å². The fourth-order valence-corrected chi connectivity index (χ4v) is 3.28. The SMILES string of the molecule is CCN(CC)C(=O)Cn1ccc2cc(NC(=O)c3cc(F)ccc3C)ccc21. The standard InChI is InChI=1S/C22H24FN3O2/c1-4-25(5-2)21(27)14-26-11-10-16-12-18(8-9-20(16)26)24-22(28)19-13-17(23)7-6-15(19)3/h6-13H,4-5,14H2,1-3H3,(H,24,28). The van der Waals surface area contributed by atoms with E-state index in [1.165, 1.54) is 12.1 Å². The average Bonchev–Trinajstić information content (AvgIpc) is 3.06. The number of aromatic nitrogens is 1. The minimum atomic E-state index is -0.443. The lowest BCUT2D eigenvalue weighted by Gasteiger charge is -2.19. The highest BCUT2D eigenvalue weighted by Gasteiger charge is 2.13. The van der Waals surface area contributed by atoms with Crippen molar-refractivity contribution in [3.05, 3.63) is 65.6 Å². The summed E-state index contributed by atoms with van der Waals surface area (Å²) < 4.78 is 15.4. The van der Waals surface area contributed by atoms with E-state index >= 15 is 0 Å². The number of anilines is 1. The molecule has 2 amide bonds. The fourth-order valence-electron chi connectivity index (χ4n) is 3.28. The van der Waals surface area contributed by atoms with Crippen molar-refractivity contribution < 1.29 is 14.0 Å². The molecule has 146 valence electrons. The van der Waals surface area contributed by atoms with Crippen LogP contribution in [0.1, 0.15) is 29.8 Å². The molecule has 1 heterocycles. The highest BCUT2D eigenvalue weighted by atomic mass is 19.1. The van der Waals surface area contributed by atoms with Crippen LogP contribution in [0.4, 0.5) is 10.1 Å². The quantitative estimate of drug-likeness (QED) is 0.695. The van der Waals surface area contributed by atoms with E-state index in [0.717, 1.165) is 10.9 Å². The molecule has 28 heavy (non-hydrogen) atoms. The maximum atomic E-state index is 13.5. The van der Waals surface area contributed by atoms with Crippen molar-refractivity contribution in [3.63, 3.8) is 0 Å². The van der Waals surface area contributed by atoms with Gasteiger partial charge in [0.1, 0.15) is 12.4 Å². The molecule has 0 spiro atoms. The molecule has 0 atom stereocenters. The van der Waals surface area contributed by atoms with Gasteiger partial charge in [0.25, 0.3) is 5.91 Å². The lowest BCUT2D eigenvalue weighted by molar-refractivity contribution is -0.131. The van der Waals surface area contributed by atoms with Gasteiger partial charge < -0.3 is 14.8 Å². The van der Waals surface area contributed by atoms with E-state index in [2.05, 4.69) is 5.32 Å². The summed E-state index contributed by atoms with van der Waals surface area (Å²) in [5.74, 6) is -0.727. The Kier molecular flexibility index (Phi) is 5.78. The summed E-state index contributed by atoms with van der Waals surface area (Å²) in [6.45, 7) is 7.34. The largest absolute Gasteiger partial charge is 0.342 e. The molecule has 5 nitrogen and oxygen atoms in total. The fraction of sp³-hybridized carbons (Fsp3) is 0.273. The first kappa shape index (κ1) is 19.6. The molecule has 1 N–H and O–H groups in total. The monoisotopic (exact) mass is 381 g/mol. The number of aryl methyl sites for hydroxylation is 1. The van der Waals surface area contributed by atoms with Crippen LogP contribution in [-0.4, -0.2) is 34.4 Å². The summed E-state index contributed by atoms with van der Waals surface area (Å²) >= 11 is 0. The number of likely N-dealkylation sites (N-methyl/N-ethyl adjacent to an activating group) is 1. The number of fused-ring (bicyclic) bond motifs is 1. The molecule has 3 aromatic rings. The third kappa shape index (κ3) is 4.06. The van der Waals surface area contributed by atoms with E-state index in [4.69, 9.17) is 0 Å². The molecule has 0 unspecified atom stereocenters. The van der Waals surface area contributed by atoms with Gasteiger partial charge in [0, 0.05) is 41.4 Å². The number of carbonyl (C=O) groups is 2. The van der Waals surface area contributed by atoms with E-state index in [1.807, 2.05) is 42.8 Å². The van der Waals surface area contributed by atoms with Crippen molar-refractivity contribution in [2.24, 2.45) is 0 Å². The van der Waals surface area contributed by atoms with Crippen LogP contribution in [0.15, 0.2) is 48.7 Å². The topological polar surface area (TPSA) is 54.3 Å². The maximum Gasteiger partial charge on any atom is 0.256 e. The zero-order valence-corrected chi connectivity index (χ0v) is 16.3. The normalized spacial score (nSPS) is 10.9. The summed E-state index contributed by atoms with van der Waals surface area (Å²) in [5.41, 5.74) is 2.55. The van der Waals surface area contributed by atoms with Crippen LogP contribution in [0.25, 0.3) is 10.9 Å². The Morgan fingerprint density at radius 2 is 1.82 bits per heavy atom. The van der Waals surface area contributed by atoms with Gasteiger partial charge in [0.15, 0.2) is 0 Å². The first-order chi connectivity index (χ1) is 13.4. The highest BCUT2D eigenvalue weighted by Crippen LogP contribution is 2.22. The molecule has 2 aromatic carbocycles. The molecule has 6 heteroatoms. The first-order valence-electron chi connectivity index (χ1n) is 9.37. The molecule has 0 saturated heterocycles. The van der Waals surface area contributed by atoms with Gasteiger partial charge in [-0.1, -0.05) is 6.07 Å². The summed E-state index contributed by atoms with van der Waals surface area (Å²) in [5, 5.41) is 3.73. The number of rotatable bonds is 6. The lowest BCUT2D eigenvalue weighted by atomic mass is 10.1. The first-order valence-corrected chi connectivity index (χ1v) is 9.37. The van der Waals surface area contributed by atoms with E-state index in [9.17, 15) is 14.0 Å². The van der Waals surface area contributed by atoms with Crippen molar-refractivity contribution in [1.29, 1.82) is 0 Å². The van der Waals surface area contributed by atoms with Crippen molar-refractivity contribution in [2.75, 3.05) is 18.4 Å². The van der Waals surface area contributed by atoms with Crippen LogP contribution < -0.4 is 5.32 Å².